The molecule has 5 amide bonds. The van der Waals surface area contributed by atoms with E-state index in [1.165, 1.54) is 15.1 Å². The lowest BCUT2D eigenvalue weighted by atomic mass is 9.89. The average Bonchev–Trinajstić information content (AvgIpc) is 3.97. The zero-order chi connectivity index (χ0) is 50.1. The van der Waals surface area contributed by atoms with Crippen LogP contribution in [0.15, 0.2) is 72.9 Å². The SMILES string of the molecule is CC1(C)C[C@H](Nc2cccc(-c3sc(C(=O)O)c(OCC(=O)O)c3Cl)c2)CCN1S(=O)(=O)Cc1cccc(NC(=O)CCn2cc(CNc3cccc4c3C(=O)N(C3CCC(=O)NC3=O)C4=O)nn2)c1. The second-order valence-corrected chi connectivity index (χ2v) is 20.7. The molecule has 5 heterocycles. The second kappa shape index (κ2) is 20.0. The van der Waals surface area contributed by atoms with Crippen molar-refractivity contribution < 1.29 is 56.9 Å². The van der Waals surface area contributed by atoms with Crippen LogP contribution in [0, 0.1) is 0 Å². The Kier molecular flexibility index (Phi) is 14.1. The number of anilines is 3. The van der Waals surface area contributed by atoms with Gasteiger partial charge in [-0.25, -0.2) is 18.0 Å². The quantitative estimate of drug-likeness (QED) is 0.0626. The first-order valence-electron chi connectivity index (χ1n) is 21.9. The van der Waals surface area contributed by atoms with Gasteiger partial charge in [0, 0.05) is 48.0 Å². The number of imide groups is 2. The van der Waals surface area contributed by atoms with E-state index in [1.54, 1.807) is 60.8 Å². The number of ether oxygens (including phenoxy) is 1. The average molecular weight is 1020 g/mol. The number of amides is 5. The summed E-state index contributed by atoms with van der Waals surface area (Å²) in [5, 5.41) is 38.6. The van der Waals surface area contributed by atoms with E-state index in [0.717, 1.165) is 16.2 Å². The molecule has 3 aliphatic heterocycles. The minimum atomic E-state index is -3.84. The van der Waals surface area contributed by atoms with Gasteiger partial charge >= 0.3 is 11.9 Å². The Labute approximate surface area is 409 Å². The molecule has 3 aliphatic rings. The number of nitrogens with one attached hydrogen (secondary N) is 4. The molecule has 0 spiro atoms. The highest BCUT2D eigenvalue weighted by Gasteiger charge is 2.46. The molecule has 5 aromatic rings. The van der Waals surface area contributed by atoms with Crippen LogP contribution < -0.4 is 26.0 Å². The Bertz CT molecular complexity index is 3060. The summed E-state index contributed by atoms with van der Waals surface area (Å²) in [6.07, 6.45) is 2.61. The van der Waals surface area contributed by atoms with Crippen LogP contribution in [-0.4, -0.2) is 115 Å². The largest absolute Gasteiger partial charge is 0.479 e. The molecule has 2 fully saturated rings. The lowest BCUT2D eigenvalue weighted by Gasteiger charge is -2.45. The Balaban J connectivity index is 0.823. The Hall–Kier alpha value is -7.21. The summed E-state index contributed by atoms with van der Waals surface area (Å²) >= 11 is 7.38. The van der Waals surface area contributed by atoms with Gasteiger partial charge in [0.05, 0.1) is 41.0 Å². The standard InChI is InChI=1S/C46H46ClN9O12S2/c1-46(2)20-29(49-28-9-4-7-26(19-28)40-38(47)39(68-23-36(59)60)41(69-40)45(64)65)14-17-55(46)70(66,67)24-25-6-3-8-27(18-25)50-35(58)15-16-54-22-30(52-53-54)21-48-32-11-5-10-31-37(32)44(63)56(43(31)62)33-12-13-34(57)51-42(33)61/h3-11,18-19,22,29,33,48-49H,12-17,20-21,23-24H2,1-2H3,(H,50,58)(H,59,60)(H,64,65)(H,51,57,61)/t29-,33?/m1/s1. The second-order valence-electron chi connectivity index (χ2n) is 17.4. The maximum Gasteiger partial charge on any atom is 0.349 e. The summed E-state index contributed by atoms with van der Waals surface area (Å²) < 4.78 is 36.1. The van der Waals surface area contributed by atoms with Crippen LogP contribution in [0.1, 0.15) is 87.6 Å². The van der Waals surface area contributed by atoms with Gasteiger partial charge in [0.15, 0.2) is 17.2 Å². The Morgan fingerprint density at radius 2 is 1.74 bits per heavy atom. The highest BCUT2D eigenvalue weighted by molar-refractivity contribution is 7.88. The third-order valence-corrected chi connectivity index (χ3v) is 15.6. The lowest BCUT2D eigenvalue weighted by molar-refractivity contribution is -0.139. The van der Waals surface area contributed by atoms with Crippen LogP contribution in [0.2, 0.25) is 5.02 Å². The molecule has 0 radical (unpaired) electrons. The summed E-state index contributed by atoms with van der Waals surface area (Å²) in [4.78, 5) is 87.9. The minimum absolute atomic E-state index is 0.00514. The number of aromatic nitrogens is 3. The van der Waals surface area contributed by atoms with Gasteiger partial charge in [0.25, 0.3) is 11.8 Å². The highest BCUT2D eigenvalue weighted by atomic mass is 35.5. The van der Waals surface area contributed by atoms with Crippen LogP contribution in [0.5, 0.6) is 5.75 Å². The number of fused-ring (bicyclic) bond motifs is 1. The van der Waals surface area contributed by atoms with Crippen molar-refractivity contribution in [3.63, 3.8) is 0 Å². The molecule has 2 atom stereocenters. The van der Waals surface area contributed by atoms with E-state index in [4.69, 9.17) is 21.4 Å². The summed E-state index contributed by atoms with van der Waals surface area (Å²) in [5.74, 6) is -5.90. The summed E-state index contributed by atoms with van der Waals surface area (Å²) in [7, 11) is -3.84. The first kappa shape index (κ1) is 49.2. The highest BCUT2D eigenvalue weighted by Crippen LogP contribution is 2.46. The molecule has 366 valence electrons. The van der Waals surface area contributed by atoms with Crippen molar-refractivity contribution in [3.05, 3.63) is 105 Å². The smallest absolute Gasteiger partial charge is 0.349 e. The molecule has 2 aromatic heterocycles. The molecule has 21 nitrogen and oxygen atoms in total. The van der Waals surface area contributed by atoms with Crippen molar-refractivity contribution in [2.75, 3.05) is 29.1 Å². The number of piperidine rings is 2. The fraction of sp³-hybridized carbons (Fsp3) is 0.326. The number of sulfonamides is 1. The topological polar surface area (TPSA) is 289 Å². The third-order valence-electron chi connectivity index (χ3n) is 11.9. The lowest BCUT2D eigenvalue weighted by Crippen LogP contribution is -2.55. The van der Waals surface area contributed by atoms with E-state index in [0.29, 0.717) is 51.6 Å². The van der Waals surface area contributed by atoms with E-state index >= 15 is 0 Å². The van der Waals surface area contributed by atoms with Gasteiger partial charge in [-0.2, -0.15) is 4.31 Å². The van der Waals surface area contributed by atoms with Crippen molar-refractivity contribution in [2.24, 2.45) is 0 Å². The predicted octanol–water partition coefficient (Wildman–Crippen LogP) is 5.05. The maximum atomic E-state index is 14.0. The molecule has 0 bridgehead atoms. The number of carbonyl (C=O) groups is 7. The first-order valence-corrected chi connectivity index (χ1v) is 24.7. The van der Waals surface area contributed by atoms with Crippen LogP contribution in [0.3, 0.4) is 0 Å². The predicted molar refractivity (Wildman–Crippen MR) is 255 cm³/mol. The number of hydrogen-bond donors (Lipinski definition) is 6. The number of benzene rings is 3. The Morgan fingerprint density at radius 1 is 0.986 bits per heavy atom. The summed E-state index contributed by atoms with van der Waals surface area (Å²) in [6, 6.07) is 17.2. The van der Waals surface area contributed by atoms with Crippen molar-refractivity contribution in [1.29, 1.82) is 0 Å². The van der Waals surface area contributed by atoms with E-state index in [-0.39, 0.29) is 83.4 Å². The molecule has 8 rings (SSSR count). The van der Waals surface area contributed by atoms with E-state index < -0.39 is 63.8 Å². The van der Waals surface area contributed by atoms with Crippen LogP contribution in [-0.2, 0) is 48.0 Å². The number of hydrogen-bond acceptors (Lipinski definition) is 15. The van der Waals surface area contributed by atoms with Gasteiger partial charge in [-0.15, -0.1) is 16.4 Å². The molecule has 2 saturated heterocycles. The van der Waals surface area contributed by atoms with Gasteiger partial charge in [0.2, 0.25) is 27.7 Å². The molecule has 24 heteroatoms. The monoisotopic (exact) mass is 1020 g/mol. The summed E-state index contributed by atoms with van der Waals surface area (Å²) in [5.41, 5.74) is 2.44. The number of thiophene rings is 1. The third kappa shape index (κ3) is 10.7. The zero-order valence-electron chi connectivity index (χ0n) is 37.6. The van der Waals surface area contributed by atoms with Gasteiger partial charge in [-0.1, -0.05) is 47.1 Å². The molecule has 70 heavy (non-hydrogen) atoms. The number of aromatic carboxylic acids is 1. The molecular weight excluding hydrogens is 970 g/mol. The molecule has 0 saturated carbocycles. The van der Waals surface area contributed by atoms with Gasteiger partial charge in [-0.05, 0) is 80.6 Å². The summed E-state index contributed by atoms with van der Waals surface area (Å²) in [6.45, 7) is 3.46. The van der Waals surface area contributed by atoms with Crippen molar-refractivity contribution in [2.45, 2.75) is 82.4 Å². The first-order chi connectivity index (χ1) is 33.3. The zero-order valence-corrected chi connectivity index (χ0v) is 40.0. The number of aryl methyl sites for hydroxylation is 1. The molecular formula is C46H46ClN9O12S2. The van der Waals surface area contributed by atoms with Gasteiger partial charge < -0.3 is 30.9 Å². The number of carboxylic acid groups (broad SMARTS) is 2. The number of halogens is 1. The van der Waals surface area contributed by atoms with E-state index in [1.807, 2.05) is 19.9 Å². The number of nitrogens with zero attached hydrogens (tertiary/aromatic N) is 5. The fourth-order valence-corrected chi connectivity index (χ4v) is 12.2. The number of aliphatic carboxylic acids is 1. The van der Waals surface area contributed by atoms with E-state index in [2.05, 4.69) is 31.6 Å². The minimum Gasteiger partial charge on any atom is -0.479 e. The van der Waals surface area contributed by atoms with Gasteiger partial charge in [0.1, 0.15) is 16.8 Å². The van der Waals surface area contributed by atoms with Crippen molar-refractivity contribution in [1.82, 2.24) is 29.5 Å². The van der Waals surface area contributed by atoms with Crippen LogP contribution in [0.25, 0.3) is 10.4 Å². The van der Waals surface area contributed by atoms with Crippen molar-refractivity contribution in [3.8, 4) is 16.2 Å². The molecule has 3 aromatic carbocycles. The van der Waals surface area contributed by atoms with Crippen LogP contribution >= 0.6 is 22.9 Å². The maximum absolute atomic E-state index is 14.0. The number of rotatable bonds is 18. The Morgan fingerprint density at radius 3 is 2.49 bits per heavy atom. The van der Waals surface area contributed by atoms with Gasteiger partial charge in [-0.3, -0.25) is 38.9 Å². The fourth-order valence-electron chi connectivity index (χ4n) is 8.84. The number of carbonyl (C=O) groups excluding carboxylic acids is 5. The molecule has 1 unspecified atom stereocenters. The van der Waals surface area contributed by atoms with Crippen molar-refractivity contribution >= 4 is 91.5 Å². The normalized spacial score (nSPS) is 18.0. The van der Waals surface area contributed by atoms with E-state index in [9.17, 15) is 47.1 Å². The number of carboxylic acids is 2. The molecule has 0 aliphatic carbocycles. The van der Waals surface area contributed by atoms with Crippen LogP contribution in [0.4, 0.5) is 17.1 Å². The molecule has 6 N–H and O–H groups in total.